The van der Waals surface area contributed by atoms with Gasteiger partial charge in [-0.3, -0.25) is 9.59 Å². The molecule has 0 amide bonds. The van der Waals surface area contributed by atoms with E-state index in [4.69, 9.17) is 21.1 Å². The highest BCUT2D eigenvalue weighted by atomic mass is 35.5. The number of ether oxygens (including phenoxy) is 2. The van der Waals surface area contributed by atoms with Crippen molar-refractivity contribution in [3.63, 3.8) is 0 Å². The number of rotatable bonds is 5. The number of halogens is 2. The number of hydrogen-bond acceptors (Lipinski definition) is 4. The van der Waals surface area contributed by atoms with Gasteiger partial charge in [0.25, 0.3) is 0 Å². The van der Waals surface area contributed by atoms with E-state index < -0.39 is 23.6 Å². The summed E-state index contributed by atoms with van der Waals surface area (Å²) >= 11 is 5.94. The first-order valence-electron chi connectivity index (χ1n) is 8.95. The highest BCUT2D eigenvalue weighted by Crippen LogP contribution is 2.41. The molecule has 1 aliphatic carbocycles. The minimum Gasteiger partial charge on any atom is -0.497 e. The zero-order chi connectivity index (χ0) is 20.3. The van der Waals surface area contributed by atoms with Crippen molar-refractivity contribution in [1.29, 1.82) is 0 Å². The summed E-state index contributed by atoms with van der Waals surface area (Å²) in [5, 5.41) is -0.0509. The molecule has 146 valence electrons. The van der Waals surface area contributed by atoms with Crippen LogP contribution in [-0.4, -0.2) is 25.5 Å². The lowest BCUT2D eigenvalue weighted by molar-refractivity contribution is -0.151. The fourth-order valence-corrected chi connectivity index (χ4v) is 3.65. The van der Waals surface area contributed by atoms with E-state index in [1.807, 2.05) is 24.3 Å². The second kappa shape index (κ2) is 8.57. The monoisotopic (exact) mass is 402 g/mol. The molecule has 2 atom stereocenters. The summed E-state index contributed by atoms with van der Waals surface area (Å²) in [6.07, 6.45) is 1.89. The zero-order valence-corrected chi connectivity index (χ0v) is 16.3. The van der Waals surface area contributed by atoms with Crippen molar-refractivity contribution in [2.24, 2.45) is 5.92 Å². The molecule has 0 saturated heterocycles. The van der Waals surface area contributed by atoms with Gasteiger partial charge in [0, 0.05) is 5.92 Å². The second-order valence-electron chi connectivity index (χ2n) is 6.52. The molecular weight excluding hydrogens is 383 g/mol. The van der Waals surface area contributed by atoms with Crippen LogP contribution in [0.5, 0.6) is 5.75 Å². The molecule has 0 fully saturated rings. The average molecular weight is 403 g/mol. The summed E-state index contributed by atoms with van der Waals surface area (Å²) in [5.41, 5.74) is 2.22. The van der Waals surface area contributed by atoms with Gasteiger partial charge >= 0.3 is 5.97 Å². The van der Waals surface area contributed by atoms with Gasteiger partial charge in [-0.2, -0.15) is 0 Å². The highest BCUT2D eigenvalue weighted by molar-refractivity contribution is 6.30. The highest BCUT2D eigenvalue weighted by Gasteiger charge is 2.40. The number of esters is 1. The van der Waals surface area contributed by atoms with Gasteiger partial charge in [0.1, 0.15) is 17.5 Å². The lowest BCUT2D eigenvalue weighted by Gasteiger charge is -2.29. The Balaban J connectivity index is 2.05. The van der Waals surface area contributed by atoms with Gasteiger partial charge in [0.15, 0.2) is 5.78 Å². The number of ketones is 1. The molecule has 6 heteroatoms. The summed E-state index contributed by atoms with van der Waals surface area (Å²) in [4.78, 5) is 25.4. The average Bonchev–Trinajstić information content (AvgIpc) is 2.69. The Morgan fingerprint density at radius 1 is 1.25 bits per heavy atom. The van der Waals surface area contributed by atoms with Gasteiger partial charge in [0.2, 0.25) is 0 Å². The van der Waals surface area contributed by atoms with Crippen LogP contribution in [0.1, 0.15) is 30.4 Å². The molecule has 0 spiro atoms. The molecule has 0 bridgehead atoms. The van der Waals surface area contributed by atoms with Crippen LogP contribution in [0.15, 0.2) is 48.5 Å². The molecule has 0 radical (unpaired) electrons. The van der Waals surface area contributed by atoms with E-state index in [2.05, 4.69) is 0 Å². The fourth-order valence-electron chi connectivity index (χ4n) is 3.46. The number of methoxy groups -OCH3 is 1. The van der Waals surface area contributed by atoms with Crippen molar-refractivity contribution in [1.82, 2.24) is 0 Å². The Morgan fingerprint density at radius 2 is 2.04 bits per heavy atom. The maximum atomic E-state index is 13.6. The summed E-state index contributed by atoms with van der Waals surface area (Å²) < 4.78 is 24.0. The smallest absolute Gasteiger partial charge is 0.317 e. The minimum absolute atomic E-state index is 0.0509. The van der Waals surface area contributed by atoms with E-state index in [1.165, 1.54) is 18.2 Å². The third-order valence-corrected chi connectivity index (χ3v) is 5.11. The molecule has 1 aliphatic rings. The van der Waals surface area contributed by atoms with E-state index in [1.54, 1.807) is 20.1 Å². The van der Waals surface area contributed by atoms with Crippen molar-refractivity contribution in [2.45, 2.75) is 19.3 Å². The van der Waals surface area contributed by atoms with Gasteiger partial charge in [0.05, 0.1) is 18.7 Å². The second-order valence-corrected chi connectivity index (χ2v) is 6.92. The van der Waals surface area contributed by atoms with Crippen LogP contribution in [-0.2, 0) is 14.3 Å². The topological polar surface area (TPSA) is 52.6 Å². The number of allylic oxidation sites excluding steroid dienone is 2. The van der Waals surface area contributed by atoms with Crippen LogP contribution < -0.4 is 4.74 Å². The van der Waals surface area contributed by atoms with Crippen molar-refractivity contribution in [3.8, 4) is 5.75 Å². The molecule has 0 saturated carbocycles. The van der Waals surface area contributed by atoms with Crippen LogP contribution in [0.4, 0.5) is 4.39 Å². The van der Waals surface area contributed by atoms with E-state index in [0.717, 1.165) is 11.1 Å². The standard InChI is InChI=1S/C22H20ClFO4/c1-3-28-22(26)21-17(14-7-8-19(24)18(23)11-14)10-15(12-20(21)25)13-5-4-6-16(9-13)27-2/h4-9,11-12,17,21H,3,10H2,1-2H3/t17-,21-/m1/s1. The van der Waals surface area contributed by atoms with Crippen molar-refractivity contribution < 1.29 is 23.5 Å². The normalized spacial score (nSPS) is 19.1. The third kappa shape index (κ3) is 4.09. The molecule has 0 aromatic heterocycles. The van der Waals surface area contributed by atoms with Gasteiger partial charge < -0.3 is 9.47 Å². The van der Waals surface area contributed by atoms with E-state index in [0.29, 0.717) is 17.7 Å². The molecule has 28 heavy (non-hydrogen) atoms. The Morgan fingerprint density at radius 3 is 2.71 bits per heavy atom. The largest absolute Gasteiger partial charge is 0.497 e. The Kier molecular flexibility index (Phi) is 6.15. The number of carbonyl (C=O) groups excluding carboxylic acids is 2. The summed E-state index contributed by atoms with van der Waals surface area (Å²) in [6, 6.07) is 11.6. The molecule has 0 aliphatic heterocycles. The van der Waals surface area contributed by atoms with Gasteiger partial charge in [-0.1, -0.05) is 29.8 Å². The lowest BCUT2D eigenvalue weighted by Crippen LogP contribution is -2.34. The Labute approximate surface area is 167 Å². The van der Waals surface area contributed by atoms with Gasteiger partial charge in [-0.25, -0.2) is 4.39 Å². The van der Waals surface area contributed by atoms with Crippen molar-refractivity contribution >= 4 is 28.9 Å². The van der Waals surface area contributed by atoms with E-state index in [-0.39, 0.29) is 17.4 Å². The maximum Gasteiger partial charge on any atom is 0.317 e. The maximum absolute atomic E-state index is 13.6. The van der Waals surface area contributed by atoms with Gasteiger partial charge in [-0.05, 0) is 60.4 Å². The molecule has 2 aromatic carbocycles. The van der Waals surface area contributed by atoms with Crippen molar-refractivity contribution in [2.75, 3.05) is 13.7 Å². The Bertz CT molecular complexity index is 938. The number of carbonyl (C=O) groups is 2. The molecular formula is C22H20ClFO4. The zero-order valence-electron chi connectivity index (χ0n) is 15.6. The van der Waals surface area contributed by atoms with Crippen molar-refractivity contribution in [3.05, 3.63) is 70.5 Å². The summed E-state index contributed by atoms with van der Waals surface area (Å²) in [6.45, 7) is 1.86. The summed E-state index contributed by atoms with van der Waals surface area (Å²) in [5.74, 6) is -2.30. The Hall–Kier alpha value is -2.66. The van der Waals surface area contributed by atoms with E-state index >= 15 is 0 Å². The number of benzene rings is 2. The predicted molar refractivity (Wildman–Crippen MR) is 105 cm³/mol. The van der Waals surface area contributed by atoms with Gasteiger partial charge in [-0.15, -0.1) is 0 Å². The molecule has 2 aromatic rings. The van der Waals surface area contributed by atoms with Crippen LogP contribution >= 0.6 is 11.6 Å². The first-order valence-corrected chi connectivity index (χ1v) is 9.32. The first-order chi connectivity index (χ1) is 13.4. The van der Waals surface area contributed by atoms with E-state index in [9.17, 15) is 14.0 Å². The summed E-state index contributed by atoms with van der Waals surface area (Å²) in [7, 11) is 1.57. The number of hydrogen-bond donors (Lipinski definition) is 0. The molecule has 0 heterocycles. The third-order valence-electron chi connectivity index (χ3n) is 4.82. The van der Waals surface area contributed by atoms with Crippen LogP contribution in [0.3, 0.4) is 0 Å². The quantitative estimate of drug-likeness (QED) is 0.532. The van der Waals surface area contributed by atoms with Crippen LogP contribution in [0, 0.1) is 11.7 Å². The predicted octanol–water partition coefficient (Wildman–Crippen LogP) is 4.81. The molecule has 0 unspecified atom stereocenters. The van der Waals surface area contributed by atoms with Crippen LogP contribution in [0.2, 0.25) is 5.02 Å². The van der Waals surface area contributed by atoms with Crippen LogP contribution in [0.25, 0.3) is 5.57 Å². The molecule has 3 rings (SSSR count). The lowest BCUT2D eigenvalue weighted by atomic mass is 9.73. The molecule has 4 nitrogen and oxygen atoms in total. The first kappa shape index (κ1) is 20.1. The molecule has 0 N–H and O–H groups in total. The minimum atomic E-state index is -0.990. The fraction of sp³-hybridized carbons (Fsp3) is 0.273. The SMILES string of the molecule is CCOC(=O)[C@H]1C(=O)C=C(c2cccc(OC)c2)C[C@@H]1c1ccc(F)c(Cl)c1.